The van der Waals surface area contributed by atoms with Crippen molar-refractivity contribution in [3.63, 3.8) is 0 Å². The summed E-state index contributed by atoms with van der Waals surface area (Å²) in [5, 5.41) is 11.0. The van der Waals surface area contributed by atoms with E-state index in [1.165, 1.54) is 7.11 Å². The quantitative estimate of drug-likeness (QED) is 0.445. The lowest BCUT2D eigenvalue weighted by Gasteiger charge is -2.43. The summed E-state index contributed by atoms with van der Waals surface area (Å²) in [6.07, 6.45) is -4.73. The smallest absolute Gasteiger partial charge is 0.338 e. The highest BCUT2D eigenvalue weighted by Gasteiger charge is 2.48. The predicted octanol–water partition coefficient (Wildman–Crippen LogP) is 3.75. The van der Waals surface area contributed by atoms with Gasteiger partial charge in [-0.1, -0.05) is 78.9 Å². The number of aliphatic hydroxyl groups excluding tert-OH is 1. The Hall–Kier alpha value is -3.07. The lowest BCUT2D eigenvalue weighted by atomic mass is 9.98. The van der Waals surface area contributed by atoms with Crippen LogP contribution in [0.1, 0.15) is 21.5 Å². The Morgan fingerprint density at radius 2 is 1.40 bits per heavy atom. The molecule has 0 spiro atoms. The second kappa shape index (κ2) is 12.6. The molecule has 1 saturated heterocycles. The van der Waals surface area contributed by atoms with Crippen LogP contribution in [0, 0.1) is 0 Å². The molecule has 0 bridgehead atoms. The summed E-state index contributed by atoms with van der Waals surface area (Å²) in [5.41, 5.74) is 2.33. The van der Waals surface area contributed by atoms with E-state index in [9.17, 15) is 9.90 Å². The molecule has 1 fully saturated rings. The van der Waals surface area contributed by atoms with Crippen molar-refractivity contribution < 1.29 is 33.6 Å². The molecule has 1 aliphatic heterocycles. The van der Waals surface area contributed by atoms with E-state index in [0.717, 1.165) is 11.1 Å². The Kier molecular flexibility index (Phi) is 9.00. The number of benzene rings is 3. The van der Waals surface area contributed by atoms with E-state index in [4.69, 9.17) is 23.7 Å². The maximum atomic E-state index is 12.9. The molecule has 7 nitrogen and oxygen atoms in total. The SMILES string of the molecule is CO[C@@H]1O[C@@H](COCc2ccccc2)[C@H](OCc2ccccc2)[C@@H](OC(=O)c2ccccc2)[C@@H]1O. The van der Waals surface area contributed by atoms with Gasteiger partial charge in [0.05, 0.1) is 25.4 Å². The summed E-state index contributed by atoms with van der Waals surface area (Å²) >= 11 is 0. The molecule has 0 aliphatic carbocycles. The Labute approximate surface area is 205 Å². The molecule has 184 valence electrons. The number of aliphatic hydroxyl groups is 1. The van der Waals surface area contributed by atoms with Crippen LogP contribution < -0.4 is 0 Å². The first-order chi connectivity index (χ1) is 17.2. The number of carbonyl (C=O) groups is 1. The molecule has 4 rings (SSSR count). The Morgan fingerprint density at radius 1 is 0.829 bits per heavy atom. The molecule has 0 amide bonds. The number of ether oxygens (including phenoxy) is 5. The summed E-state index contributed by atoms with van der Waals surface area (Å²) < 4.78 is 29.3. The van der Waals surface area contributed by atoms with E-state index in [2.05, 4.69) is 0 Å². The van der Waals surface area contributed by atoms with Crippen LogP contribution in [0.4, 0.5) is 0 Å². The highest BCUT2D eigenvalue weighted by molar-refractivity contribution is 5.89. The fourth-order valence-electron chi connectivity index (χ4n) is 3.96. The van der Waals surface area contributed by atoms with Crippen LogP contribution in [-0.4, -0.2) is 55.5 Å². The van der Waals surface area contributed by atoms with Crippen LogP contribution in [0.25, 0.3) is 0 Å². The third-order valence-electron chi connectivity index (χ3n) is 5.78. The zero-order valence-corrected chi connectivity index (χ0v) is 19.6. The average molecular weight is 479 g/mol. The third kappa shape index (κ3) is 6.75. The maximum Gasteiger partial charge on any atom is 0.338 e. The fourth-order valence-corrected chi connectivity index (χ4v) is 3.96. The molecule has 5 atom stereocenters. The van der Waals surface area contributed by atoms with Crippen molar-refractivity contribution >= 4 is 5.97 Å². The monoisotopic (exact) mass is 478 g/mol. The van der Waals surface area contributed by atoms with Crippen LogP contribution in [0.2, 0.25) is 0 Å². The molecule has 35 heavy (non-hydrogen) atoms. The second-order valence-corrected chi connectivity index (χ2v) is 8.27. The lowest BCUT2D eigenvalue weighted by Crippen LogP contribution is -2.61. The number of rotatable bonds is 10. The molecule has 1 heterocycles. The molecule has 0 saturated carbocycles. The predicted molar refractivity (Wildman–Crippen MR) is 128 cm³/mol. The molecule has 3 aromatic carbocycles. The average Bonchev–Trinajstić information content (AvgIpc) is 2.91. The van der Waals surface area contributed by atoms with E-state index in [0.29, 0.717) is 12.2 Å². The minimum Gasteiger partial charge on any atom is -0.453 e. The van der Waals surface area contributed by atoms with Crippen molar-refractivity contribution in [1.82, 2.24) is 0 Å². The molecule has 7 heteroatoms. The van der Waals surface area contributed by atoms with E-state index in [-0.39, 0.29) is 13.2 Å². The van der Waals surface area contributed by atoms with Gasteiger partial charge in [-0.05, 0) is 23.3 Å². The van der Waals surface area contributed by atoms with Crippen molar-refractivity contribution in [2.75, 3.05) is 13.7 Å². The zero-order chi connectivity index (χ0) is 24.5. The Balaban J connectivity index is 1.53. The van der Waals surface area contributed by atoms with Gasteiger partial charge in [-0.2, -0.15) is 0 Å². The summed E-state index contributed by atoms with van der Waals surface area (Å²) in [7, 11) is 1.43. The first-order valence-corrected chi connectivity index (χ1v) is 11.5. The Morgan fingerprint density at radius 3 is 2.00 bits per heavy atom. The largest absolute Gasteiger partial charge is 0.453 e. The molecule has 1 N–H and O–H groups in total. The first-order valence-electron chi connectivity index (χ1n) is 11.5. The maximum absolute atomic E-state index is 12.9. The second-order valence-electron chi connectivity index (χ2n) is 8.27. The highest BCUT2D eigenvalue weighted by Crippen LogP contribution is 2.28. The van der Waals surface area contributed by atoms with E-state index < -0.39 is 36.7 Å². The van der Waals surface area contributed by atoms with Gasteiger partial charge in [0.2, 0.25) is 0 Å². The van der Waals surface area contributed by atoms with Crippen LogP contribution in [-0.2, 0) is 36.9 Å². The molecular weight excluding hydrogens is 448 g/mol. The molecule has 0 aromatic heterocycles. The number of hydrogen-bond acceptors (Lipinski definition) is 7. The Bertz CT molecular complexity index is 1030. The first kappa shape index (κ1) is 25.0. The fraction of sp³-hybridized carbons (Fsp3) is 0.321. The van der Waals surface area contributed by atoms with E-state index >= 15 is 0 Å². The van der Waals surface area contributed by atoms with Gasteiger partial charge in [-0.15, -0.1) is 0 Å². The summed E-state index contributed by atoms with van der Waals surface area (Å²) in [6, 6.07) is 28.0. The van der Waals surface area contributed by atoms with Gasteiger partial charge < -0.3 is 28.8 Å². The van der Waals surface area contributed by atoms with Crippen LogP contribution >= 0.6 is 0 Å². The van der Waals surface area contributed by atoms with Crippen LogP contribution in [0.3, 0.4) is 0 Å². The standard InChI is InChI=1S/C28H30O7/c1-31-28-24(29)26(35-27(30)22-15-9-4-10-16-22)25(33-18-21-13-7-3-8-14-21)23(34-28)19-32-17-20-11-5-2-6-12-20/h2-16,23-26,28-29H,17-19H2,1H3/t23-,24-,25-,26-,28+/m0/s1. The number of methoxy groups -OCH3 is 1. The van der Waals surface area contributed by atoms with Crippen molar-refractivity contribution in [1.29, 1.82) is 0 Å². The van der Waals surface area contributed by atoms with Crippen molar-refractivity contribution in [3.8, 4) is 0 Å². The van der Waals surface area contributed by atoms with Crippen LogP contribution in [0.5, 0.6) is 0 Å². The normalized spacial score (nSPS) is 24.1. The van der Waals surface area contributed by atoms with Crippen molar-refractivity contribution in [2.45, 2.75) is 43.9 Å². The molecule has 3 aromatic rings. The van der Waals surface area contributed by atoms with Crippen LogP contribution in [0.15, 0.2) is 91.0 Å². The van der Waals surface area contributed by atoms with Crippen molar-refractivity contribution in [3.05, 3.63) is 108 Å². The topological polar surface area (TPSA) is 83.5 Å². The van der Waals surface area contributed by atoms with Gasteiger partial charge in [0, 0.05) is 7.11 Å². The van der Waals surface area contributed by atoms with E-state index in [1.54, 1.807) is 24.3 Å². The van der Waals surface area contributed by atoms with Gasteiger partial charge in [-0.25, -0.2) is 4.79 Å². The number of carbonyl (C=O) groups excluding carboxylic acids is 1. The van der Waals surface area contributed by atoms with Gasteiger partial charge in [0.1, 0.15) is 18.3 Å². The molecular formula is C28H30O7. The van der Waals surface area contributed by atoms with Crippen molar-refractivity contribution in [2.24, 2.45) is 0 Å². The minimum atomic E-state index is -1.25. The zero-order valence-electron chi connectivity index (χ0n) is 19.6. The highest BCUT2D eigenvalue weighted by atomic mass is 16.7. The molecule has 0 radical (unpaired) electrons. The molecule has 0 unspecified atom stereocenters. The number of hydrogen-bond donors (Lipinski definition) is 1. The van der Waals surface area contributed by atoms with E-state index in [1.807, 2.05) is 66.7 Å². The van der Waals surface area contributed by atoms with Gasteiger partial charge in [-0.3, -0.25) is 0 Å². The summed E-state index contributed by atoms with van der Waals surface area (Å²) in [6.45, 7) is 0.773. The molecule has 1 aliphatic rings. The van der Waals surface area contributed by atoms with Gasteiger partial charge >= 0.3 is 5.97 Å². The lowest BCUT2D eigenvalue weighted by molar-refractivity contribution is -0.304. The van der Waals surface area contributed by atoms with Gasteiger partial charge in [0.15, 0.2) is 12.4 Å². The third-order valence-corrected chi connectivity index (χ3v) is 5.78. The number of esters is 1. The summed E-state index contributed by atoms with van der Waals surface area (Å²) in [5.74, 6) is -0.566. The van der Waals surface area contributed by atoms with Gasteiger partial charge in [0.25, 0.3) is 0 Å². The summed E-state index contributed by atoms with van der Waals surface area (Å²) in [4.78, 5) is 12.9. The minimum absolute atomic E-state index is 0.153.